The molecule has 2 amide bonds. The lowest BCUT2D eigenvalue weighted by atomic mass is 10.0. The van der Waals surface area contributed by atoms with E-state index < -0.39 is 19.8 Å². The van der Waals surface area contributed by atoms with E-state index >= 15 is 0 Å². The number of aliphatic hydroxyl groups is 1. The summed E-state index contributed by atoms with van der Waals surface area (Å²) in [4.78, 5) is 28.0. The molecule has 7 nitrogen and oxygen atoms in total. The molecule has 0 unspecified atom stereocenters. The molecular formula is C23H27ClN2O5S2. The largest absolute Gasteiger partial charge is 0.396 e. The summed E-state index contributed by atoms with van der Waals surface area (Å²) in [6.07, 6.45) is 1.77. The summed E-state index contributed by atoms with van der Waals surface area (Å²) in [5.74, 6) is -0.447. The fourth-order valence-electron chi connectivity index (χ4n) is 4.31. The molecule has 1 aliphatic heterocycles. The van der Waals surface area contributed by atoms with Crippen LogP contribution in [0.2, 0.25) is 5.02 Å². The van der Waals surface area contributed by atoms with Crippen LogP contribution in [0, 0.1) is 0 Å². The van der Waals surface area contributed by atoms with Crippen LogP contribution in [0.4, 0.5) is 0 Å². The molecule has 2 aromatic rings. The van der Waals surface area contributed by atoms with Crippen LogP contribution < -0.4 is 5.32 Å². The summed E-state index contributed by atoms with van der Waals surface area (Å²) in [5, 5.41) is 13.7. The first-order valence-corrected chi connectivity index (χ1v) is 13.8. The van der Waals surface area contributed by atoms with Gasteiger partial charge in [0.05, 0.1) is 20.4 Å². The van der Waals surface area contributed by atoms with Crippen LogP contribution in [0.3, 0.4) is 0 Å². The number of nitrogens with one attached hydrogen (secondary N) is 1. The van der Waals surface area contributed by atoms with Gasteiger partial charge in [-0.3, -0.25) is 9.59 Å². The monoisotopic (exact) mass is 510 g/mol. The minimum absolute atomic E-state index is 0.166. The first-order chi connectivity index (χ1) is 15.7. The number of amides is 2. The van der Waals surface area contributed by atoms with Gasteiger partial charge in [-0.1, -0.05) is 23.7 Å². The van der Waals surface area contributed by atoms with Crippen molar-refractivity contribution in [2.75, 3.05) is 19.7 Å². The summed E-state index contributed by atoms with van der Waals surface area (Å²) < 4.78 is 25.1. The Balaban J connectivity index is 1.44. The third-order valence-electron chi connectivity index (χ3n) is 6.57. The highest BCUT2D eigenvalue weighted by atomic mass is 35.5. The summed E-state index contributed by atoms with van der Waals surface area (Å²) in [6.45, 7) is 2.34. The van der Waals surface area contributed by atoms with E-state index in [-0.39, 0.29) is 31.4 Å². The quantitative estimate of drug-likeness (QED) is 0.539. The smallest absolute Gasteiger partial charge is 0.264 e. The number of halogens is 1. The topological polar surface area (TPSA) is 104 Å². The molecule has 10 heteroatoms. The fourth-order valence-corrected chi connectivity index (χ4v) is 7.78. The molecule has 1 aromatic heterocycles. The first-order valence-electron chi connectivity index (χ1n) is 10.9. The van der Waals surface area contributed by atoms with Crippen molar-refractivity contribution in [2.45, 2.75) is 49.1 Å². The average molecular weight is 511 g/mol. The molecule has 0 radical (unpaired) electrons. The van der Waals surface area contributed by atoms with E-state index in [1.165, 1.54) is 11.3 Å². The summed E-state index contributed by atoms with van der Waals surface area (Å²) in [6, 6.07) is 7.22. The van der Waals surface area contributed by atoms with Crippen molar-refractivity contribution in [3.8, 4) is 0 Å². The van der Waals surface area contributed by atoms with E-state index in [9.17, 15) is 18.0 Å². The van der Waals surface area contributed by atoms with Crippen molar-refractivity contribution >= 4 is 44.6 Å². The van der Waals surface area contributed by atoms with Crippen LogP contribution in [0.25, 0.3) is 0 Å². The van der Waals surface area contributed by atoms with Gasteiger partial charge in [0.1, 0.15) is 0 Å². The van der Waals surface area contributed by atoms with Crippen molar-refractivity contribution in [1.82, 2.24) is 10.2 Å². The van der Waals surface area contributed by atoms with Crippen LogP contribution in [0.5, 0.6) is 0 Å². The summed E-state index contributed by atoms with van der Waals surface area (Å²) in [5.41, 5.74) is 2.16. The lowest BCUT2D eigenvalue weighted by Crippen LogP contribution is -2.47. The molecular weight excluding hydrogens is 484 g/mol. The fraction of sp³-hybridized carbons (Fsp3) is 0.478. The zero-order valence-electron chi connectivity index (χ0n) is 18.3. The van der Waals surface area contributed by atoms with E-state index in [4.69, 9.17) is 16.7 Å². The molecule has 1 aromatic carbocycles. The van der Waals surface area contributed by atoms with Crippen molar-refractivity contribution in [2.24, 2.45) is 0 Å². The maximum atomic E-state index is 13.1. The van der Waals surface area contributed by atoms with E-state index in [1.54, 1.807) is 29.3 Å². The third-order valence-corrected chi connectivity index (χ3v) is 10.9. The average Bonchev–Trinajstić information content (AvgIpc) is 3.46. The molecule has 33 heavy (non-hydrogen) atoms. The van der Waals surface area contributed by atoms with E-state index in [0.29, 0.717) is 47.8 Å². The summed E-state index contributed by atoms with van der Waals surface area (Å²) in [7, 11) is -3.46. The van der Waals surface area contributed by atoms with Gasteiger partial charge in [0.25, 0.3) is 11.8 Å². The maximum Gasteiger partial charge on any atom is 0.264 e. The van der Waals surface area contributed by atoms with Crippen LogP contribution >= 0.6 is 22.9 Å². The molecule has 1 aliphatic carbocycles. The Hall–Kier alpha value is -1.94. The Morgan fingerprint density at radius 2 is 2.00 bits per heavy atom. The Bertz CT molecular complexity index is 1160. The Labute approximate surface area is 202 Å². The molecule has 4 rings (SSSR count). The highest BCUT2D eigenvalue weighted by Gasteiger charge is 2.57. The molecule has 1 saturated carbocycles. The number of sulfone groups is 1. The minimum Gasteiger partial charge on any atom is -0.396 e. The lowest BCUT2D eigenvalue weighted by molar-refractivity contribution is 0.0741. The van der Waals surface area contributed by atoms with Gasteiger partial charge in [-0.25, -0.2) is 8.42 Å². The molecule has 2 aliphatic rings. The molecule has 1 fully saturated rings. The number of nitrogens with zero attached hydrogens (tertiary/aromatic N) is 1. The minimum atomic E-state index is -3.46. The van der Waals surface area contributed by atoms with E-state index in [0.717, 1.165) is 11.1 Å². The van der Waals surface area contributed by atoms with Crippen molar-refractivity contribution in [3.63, 3.8) is 0 Å². The number of fused-ring (bicyclic) bond motifs is 1. The predicted molar refractivity (Wildman–Crippen MR) is 129 cm³/mol. The highest BCUT2D eigenvalue weighted by Crippen LogP contribution is 2.47. The normalized spacial score (nSPS) is 18.0. The van der Waals surface area contributed by atoms with Crippen LogP contribution in [0.1, 0.15) is 57.3 Å². The second-order valence-electron chi connectivity index (χ2n) is 8.79. The molecule has 0 saturated heterocycles. The molecule has 2 heterocycles. The summed E-state index contributed by atoms with van der Waals surface area (Å²) >= 11 is 7.13. The molecule has 2 N–H and O–H groups in total. The molecule has 0 spiro atoms. The first kappa shape index (κ1) is 24.2. The number of thiophene rings is 1. The van der Waals surface area contributed by atoms with Gasteiger partial charge in [0.2, 0.25) is 0 Å². The van der Waals surface area contributed by atoms with Gasteiger partial charge in [0, 0.05) is 36.6 Å². The maximum absolute atomic E-state index is 13.1. The molecule has 1 atom stereocenters. The molecule has 0 bridgehead atoms. The number of carbonyl (C=O) groups excluding carboxylic acids is 2. The van der Waals surface area contributed by atoms with Gasteiger partial charge in [-0.2, -0.15) is 0 Å². The van der Waals surface area contributed by atoms with Crippen LogP contribution in [0.15, 0.2) is 29.6 Å². The van der Waals surface area contributed by atoms with Crippen LogP contribution in [-0.2, 0) is 22.8 Å². The number of hydrogen-bond donors (Lipinski definition) is 2. The standard InChI is InChI=1S/C23H27ClN2O5S2/c1-15(7-11-27)33(30,31)23(8-9-23)14-26-10-6-18-19(13-32-20(18)22(26)29)21(28)25-12-16-2-4-17(24)5-3-16/h2-5,13,15,27H,6-12,14H2,1H3,(H,25,28)/t15-/m1/s1. The van der Waals surface area contributed by atoms with Gasteiger partial charge in [0.15, 0.2) is 9.84 Å². The number of rotatable bonds is 9. The SMILES string of the molecule is C[C@H](CCO)S(=O)(=O)C1(CN2CCc3c(C(=O)NCc4ccc(Cl)cc4)csc3C2=O)CC1. The van der Waals surface area contributed by atoms with Crippen LogP contribution in [-0.4, -0.2) is 59.9 Å². The molecule has 178 valence electrons. The van der Waals surface area contributed by atoms with E-state index in [1.807, 2.05) is 12.1 Å². The van der Waals surface area contributed by atoms with Crippen molar-refractivity contribution in [3.05, 3.63) is 56.2 Å². The number of aliphatic hydroxyl groups excluding tert-OH is 1. The Morgan fingerprint density at radius 3 is 2.64 bits per heavy atom. The van der Waals surface area contributed by atoms with Crippen molar-refractivity contribution < 1.29 is 23.1 Å². The van der Waals surface area contributed by atoms with Gasteiger partial charge in [-0.05, 0) is 55.9 Å². The number of benzene rings is 1. The number of hydrogen-bond acceptors (Lipinski definition) is 6. The second kappa shape index (κ2) is 9.37. The third kappa shape index (κ3) is 4.69. The van der Waals surface area contributed by atoms with E-state index in [2.05, 4.69) is 5.32 Å². The van der Waals surface area contributed by atoms with Crippen molar-refractivity contribution in [1.29, 1.82) is 0 Å². The zero-order valence-corrected chi connectivity index (χ0v) is 20.7. The Kier molecular flexibility index (Phi) is 6.87. The second-order valence-corrected chi connectivity index (χ2v) is 12.9. The Morgan fingerprint density at radius 1 is 1.30 bits per heavy atom. The van der Waals surface area contributed by atoms with Gasteiger partial charge < -0.3 is 15.3 Å². The predicted octanol–water partition coefficient (Wildman–Crippen LogP) is 3.05. The zero-order chi connectivity index (χ0) is 23.8. The van der Waals surface area contributed by atoms with Gasteiger partial charge in [-0.15, -0.1) is 11.3 Å². The highest BCUT2D eigenvalue weighted by molar-refractivity contribution is 7.93. The van der Waals surface area contributed by atoms with Gasteiger partial charge >= 0.3 is 0 Å². The number of carbonyl (C=O) groups is 2. The lowest BCUT2D eigenvalue weighted by Gasteiger charge is -2.32.